The smallest absolute Gasteiger partial charge is 0.124 e. The molecule has 1 aromatic rings. The molecule has 1 saturated heterocycles. The number of nitrogens with zero attached hydrogens (tertiary/aromatic N) is 1. The number of benzene rings is 1. The minimum atomic E-state index is -0.0602. The van der Waals surface area contributed by atoms with Crippen LogP contribution in [0.3, 0.4) is 0 Å². The maximum absolute atomic E-state index is 9.88. The lowest BCUT2D eigenvalue weighted by atomic mass is 10.0. The molecular formula is C17H28N2O2. The SMILES string of the molecule is CC(CNC(C)c1c(O)cccc1O)CN1CCCCC1. The predicted octanol–water partition coefficient (Wildman–Crippen LogP) is 2.87. The van der Waals surface area contributed by atoms with E-state index in [2.05, 4.69) is 17.1 Å². The van der Waals surface area contributed by atoms with Crippen LogP contribution in [0.1, 0.15) is 44.7 Å². The highest BCUT2D eigenvalue weighted by molar-refractivity contribution is 5.44. The van der Waals surface area contributed by atoms with Gasteiger partial charge in [0.2, 0.25) is 0 Å². The van der Waals surface area contributed by atoms with Gasteiger partial charge in [0.25, 0.3) is 0 Å². The lowest BCUT2D eigenvalue weighted by molar-refractivity contribution is 0.197. The molecule has 1 aliphatic rings. The number of rotatable bonds is 6. The average Bonchev–Trinajstić information content (AvgIpc) is 2.46. The molecule has 1 fully saturated rings. The molecule has 0 radical (unpaired) electrons. The van der Waals surface area contributed by atoms with Gasteiger partial charge < -0.3 is 20.4 Å². The highest BCUT2D eigenvalue weighted by Crippen LogP contribution is 2.32. The summed E-state index contributed by atoms with van der Waals surface area (Å²) < 4.78 is 0. The number of hydrogen-bond acceptors (Lipinski definition) is 4. The van der Waals surface area contributed by atoms with E-state index in [1.54, 1.807) is 18.2 Å². The fraction of sp³-hybridized carbons (Fsp3) is 0.647. The molecule has 2 atom stereocenters. The van der Waals surface area contributed by atoms with E-state index in [1.165, 1.54) is 32.4 Å². The maximum Gasteiger partial charge on any atom is 0.124 e. The average molecular weight is 292 g/mol. The fourth-order valence-electron chi connectivity index (χ4n) is 3.11. The molecule has 0 spiro atoms. The van der Waals surface area contributed by atoms with Crippen molar-refractivity contribution in [3.05, 3.63) is 23.8 Å². The Balaban J connectivity index is 1.81. The zero-order chi connectivity index (χ0) is 15.2. The molecule has 0 aromatic heterocycles. The first-order chi connectivity index (χ1) is 10.1. The Morgan fingerprint density at radius 1 is 1.10 bits per heavy atom. The summed E-state index contributed by atoms with van der Waals surface area (Å²) in [4.78, 5) is 2.54. The van der Waals surface area contributed by atoms with E-state index < -0.39 is 0 Å². The molecule has 21 heavy (non-hydrogen) atoms. The van der Waals surface area contributed by atoms with Crippen LogP contribution in [0.2, 0.25) is 0 Å². The summed E-state index contributed by atoms with van der Waals surface area (Å²) in [6, 6.07) is 4.82. The number of phenols is 2. The molecule has 1 aliphatic heterocycles. The van der Waals surface area contributed by atoms with Gasteiger partial charge in [0, 0.05) is 12.6 Å². The van der Waals surface area contributed by atoms with Crippen LogP contribution in [0.4, 0.5) is 0 Å². The molecule has 2 rings (SSSR count). The summed E-state index contributed by atoms with van der Waals surface area (Å²) in [5.74, 6) is 0.857. The van der Waals surface area contributed by atoms with Crippen molar-refractivity contribution in [2.45, 2.75) is 39.2 Å². The van der Waals surface area contributed by atoms with Crippen LogP contribution in [0, 0.1) is 5.92 Å². The largest absolute Gasteiger partial charge is 0.507 e. The minimum Gasteiger partial charge on any atom is -0.507 e. The lowest BCUT2D eigenvalue weighted by Crippen LogP contribution is -2.37. The molecule has 0 saturated carbocycles. The van der Waals surface area contributed by atoms with Crippen LogP contribution in [0.5, 0.6) is 11.5 Å². The Labute approximate surface area is 127 Å². The summed E-state index contributed by atoms with van der Waals surface area (Å²) >= 11 is 0. The Morgan fingerprint density at radius 2 is 1.71 bits per heavy atom. The predicted molar refractivity (Wildman–Crippen MR) is 85.6 cm³/mol. The molecule has 0 aliphatic carbocycles. The van der Waals surface area contributed by atoms with Crippen LogP contribution in [0.25, 0.3) is 0 Å². The first-order valence-electron chi connectivity index (χ1n) is 8.04. The van der Waals surface area contributed by atoms with Crippen molar-refractivity contribution in [1.82, 2.24) is 10.2 Å². The number of nitrogens with one attached hydrogen (secondary N) is 1. The lowest BCUT2D eigenvalue weighted by Gasteiger charge is -2.29. The van der Waals surface area contributed by atoms with Crippen molar-refractivity contribution in [3.63, 3.8) is 0 Å². The van der Waals surface area contributed by atoms with Gasteiger partial charge in [-0.15, -0.1) is 0 Å². The standard InChI is InChI=1S/C17H28N2O2/c1-13(12-19-9-4-3-5-10-19)11-18-14(2)17-15(20)7-6-8-16(17)21/h6-8,13-14,18,20-21H,3-5,9-12H2,1-2H3. The quantitative estimate of drug-likeness (QED) is 0.754. The van der Waals surface area contributed by atoms with Gasteiger partial charge in [-0.1, -0.05) is 19.4 Å². The number of aromatic hydroxyl groups is 2. The molecule has 118 valence electrons. The molecule has 1 heterocycles. The Bertz CT molecular complexity index is 424. The van der Waals surface area contributed by atoms with Gasteiger partial charge in [0.1, 0.15) is 11.5 Å². The Kier molecular flexibility index (Phi) is 5.88. The van der Waals surface area contributed by atoms with Gasteiger partial charge in [-0.05, 0) is 57.5 Å². The van der Waals surface area contributed by atoms with E-state index >= 15 is 0 Å². The van der Waals surface area contributed by atoms with Crippen LogP contribution in [-0.4, -0.2) is 41.3 Å². The maximum atomic E-state index is 9.88. The van der Waals surface area contributed by atoms with E-state index in [0.29, 0.717) is 11.5 Å². The van der Waals surface area contributed by atoms with E-state index in [1.807, 2.05) is 6.92 Å². The van der Waals surface area contributed by atoms with Crippen LogP contribution in [-0.2, 0) is 0 Å². The highest BCUT2D eigenvalue weighted by atomic mass is 16.3. The van der Waals surface area contributed by atoms with Crippen molar-refractivity contribution in [2.75, 3.05) is 26.2 Å². The molecule has 0 amide bonds. The third kappa shape index (κ3) is 4.61. The van der Waals surface area contributed by atoms with Crippen LogP contribution < -0.4 is 5.32 Å². The molecule has 4 nitrogen and oxygen atoms in total. The van der Waals surface area contributed by atoms with E-state index in [-0.39, 0.29) is 17.5 Å². The summed E-state index contributed by atoms with van der Waals surface area (Å²) in [7, 11) is 0. The Morgan fingerprint density at radius 3 is 2.33 bits per heavy atom. The second-order valence-electron chi connectivity index (χ2n) is 6.31. The molecule has 3 N–H and O–H groups in total. The van der Waals surface area contributed by atoms with Crippen molar-refractivity contribution in [1.29, 1.82) is 0 Å². The second kappa shape index (κ2) is 7.66. The number of hydrogen-bond donors (Lipinski definition) is 3. The van der Waals surface area contributed by atoms with Crippen molar-refractivity contribution in [2.24, 2.45) is 5.92 Å². The van der Waals surface area contributed by atoms with E-state index in [9.17, 15) is 10.2 Å². The molecular weight excluding hydrogens is 264 g/mol. The topological polar surface area (TPSA) is 55.7 Å². The first kappa shape index (κ1) is 16.1. The third-order valence-electron chi connectivity index (χ3n) is 4.28. The monoisotopic (exact) mass is 292 g/mol. The second-order valence-corrected chi connectivity index (χ2v) is 6.31. The number of likely N-dealkylation sites (tertiary alicyclic amines) is 1. The van der Waals surface area contributed by atoms with Gasteiger partial charge in [-0.3, -0.25) is 0 Å². The van der Waals surface area contributed by atoms with E-state index in [0.717, 1.165) is 13.1 Å². The zero-order valence-corrected chi connectivity index (χ0v) is 13.2. The minimum absolute atomic E-state index is 0.0602. The fourth-order valence-corrected chi connectivity index (χ4v) is 3.11. The number of phenolic OH excluding ortho intramolecular Hbond substituents is 2. The molecule has 0 bridgehead atoms. The summed E-state index contributed by atoms with van der Waals surface area (Å²) in [6.45, 7) is 8.67. The first-order valence-corrected chi connectivity index (χ1v) is 8.04. The van der Waals surface area contributed by atoms with Gasteiger partial charge in [-0.2, -0.15) is 0 Å². The third-order valence-corrected chi connectivity index (χ3v) is 4.28. The van der Waals surface area contributed by atoms with Crippen LogP contribution >= 0.6 is 0 Å². The van der Waals surface area contributed by atoms with Gasteiger partial charge in [0.05, 0.1) is 5.56 Å². The molecule has 2 unspecified atom stereocenters. The van der Waals surface area contributed by atoms with Crippen LogP contribution in [0.15, 0.2) is 18.2 Å². The van der Waals surface area contributed by atoms with Gasteiger partial charge in [-0.25, -0.2) is 0 Å². The Hall–Kier alpha value is -1.26. The van der Waals surface area contributed by atoms with Crippen molar-refractivity contribution < 1.29 is 10.2 Å². The van der Waals surface area contributed by atoms with Gasteiger partial charge in [0.15, 0.2) is 0 Å². The summed E-state index contributed by atoms with van der Waals surface area (Å²) in [5.41, 5.74) is 0.586. The van der Waals surface area contributed by atoms with E-state index in [4.69, 9.17) is 0 Å². The zero-order valence-electron chi connectivity index (χ0n) is 13.2. The summed E-state index contributed by atoms with van der Waals surface area (Å²) in [6.07, 6.45) is 4.01. The molecule has 1 aromatic carbocycles. The highest BCUT2D eigenvalue weighted by Gasteiger charge is 2.17. The van der Waals surface area contributed by atoms with Crippen molar-refractivity contribution >= 4 is 0 Å². The summed E-state index contributed by atoms with van der Waals surface area (Å²) in [5, 5.41) is 23.2. The molecule has 4 heteroatoms. The normalized spacial score (nSPS) is 19.3. The number of piperidine rings is 1. The van der Waals surface area contributed by atoms with Crippen molar-refractivity contribution in [3.8, 4) is 11.5 Å². The van der Waals surface area contributed by atoms with Gasteiger partial charge >= 0.3 is 0 Å².